The maximum atomic E-state index is 13.9. The van der Waals surface area contributed by atoms with Gasteiger partial charge in [0.25, 0.3) is 0 Å². The van der Waals surface area contributed by atoms with E-state index in [0.717, 1.165) is 66.6 Å². The summed E-state index contributed by atoms with van der Waals surface area (Å²) in [6.07, 6.45) is 0. The van der Waals surface area contributed by atoms with E-state index in [4.69, 9.17) is 9.97 Å². The van der Waals surface area contributed by atoms with Crippen LogP contribution in [-0.2, 0) is 0 Å². The van der Waals surface area contributed by atoms with Crippen molar-refractivity contribution < 1.29 is 8.78 Å². The zero-order valence-corrected chi connectivity index (χ0v) is 21.4. The highest BCUT2D eigenvalue weighted by Crippen LogP contribution is 2.39. The molecule has 0 fully saturated rings. The van der Waals surface area contributed by atoms with Crippen molar-refractivity contribution in [2.24, 2.45) is 0 Å². The van der Waals surface area contributed by atoms with Crippen LogP contribution in [0.2, 0.25) is 0 Å². The molecule has 0 saturated heterocycles. The summed E-state index contributed by atoms with van der Waals surface area (Å²) in [6.45, 7) is 0. The summed E-state index contributed by atoms with van der Waals surface area (Å²) < 4.78 is 27.7. The van der Waals surface area contributed by atoms with Crippen LogP contribution < -0.4 is 0 Å². The second kappa shape index (κ2) is 9.83. The van der Waals surface area contributed by atoms with Crippen LogP contribution >= 0.6 is 0 Å². The quantitative estimate of drug-likeness (QED) is 0.216. The summed E-state index contributed by atoms with van der Waals surface area (Å²) in [6, 6.07) is 41.3. The van der Waals surface area contributed by atoms with Gasteiger partial charge in [0.05, 0.1) is 22.4 Å². The monoisotopic (exact) mass is 520 g/mol. The third-order valence-corrected chi connectivity index (χ3v) is 7.21. The number of fused-ring (bicyclic) bond motifs is 3. The summed E-state index contributed by atoms with van der Waals surface area (Å²) in [4.78, 5) is 10.3. The Labute approximate surface area is 230 Å². The third kappa shape index (κ3) is 4.30. The molecular formula is C36H22F2N2. The standard InChI is InChI=1S/C36H22F2N2/c37-27-15-11-23(12-16-27)31-21-33(25-7-3-1-4-8-25)39-35-29(31)19-20-30-32(24-13-17-28(38)18-14-24)22-34(40-36(30)35)26-9-5-2-6-10-26/h1-22H. The molecule has 0 bridgehead atoms. The smallest absolute Gasteiger partial charge is 0.123 e. The van der Waals surface area contributed by atoms with E-state index >= 15 is 0 Å². The Morgan fingerprint density at radius 2 is 0.750 bits per heavy atom. The van der Waals surface area contributed by atoms with Gasteiger partial charge in [0.2, 0.25) is 0 Å². The number of halogens is 2. The number of benzene rings is 5. The molecular weight excluding hydrogens is 498 g/mol. The lowest BCUT2D eigenvalue weighted by atomic mass is 9.94. The molecule has 0 spiro atoms. The van der Waals surface area contributed by atoms with Gasteiger partial charge in [-0.15, -0.1) is 0 Å². The molecule has 0 amide bonds. The van der Waals surface area contributed by atoms with E-state index in [0.29, 0.717) is 0 Å². The maximum absolute atomic E-state index is 13.9. The highest BCUT2D eigenvalue weighted by atomic mass is 19.1. The van der Waals surface area contributed by atoms with Crippen molar-refractivity contribution in [3.63, 3.8) is 0 Å². The van der Waals surface area contributed by atoms with Crippen LogP contribution in [0.5, 0.6) is 0 Å². The first-order valence-electron chi connectivity index (χ1n) is 13.1. The van der Waals surface area contributed by atoms with Crippen LogP contribution in [-0.4, -0.2) is 9.97 Å². The largest absolute Gasteiger partial charge is 0.245 e. The number of aromatic nitrogens is 2. The first kappa shape index (κ1) is 23.9. The van der Waals surface area contributed by atoms with Crippen LogP contribution in [0.25, 0.3) is 66.6 Å². The Balaban J connectivity index is 1.60. The van der Waals surface area contributed by atoms with Gasteiger partial charge in [-0.05, 0) is 58.7 Å². The van der Waals surface area contributed by atoms with Crippen molar-refractivity contribution in [3.05, 3.63) is 145 Å². The van der Waals surface area contributed by atoms with E-state index in [-0.39, 0.29) is 11.6 Å². The zero-order valence-electron chi connectivity index (χ0n) is 21.4. The summed E-state index contributed by atoms with van der Waals surface area (Å²) in [5.74, 6) is -0.567. The molecule has 0 unspecified atom stereocenters. The molecule has 0 radical (unpaired) electrons. The minimum atomic E-state index is -0.283. The van der Waals surface area contributed by atoms with Crippen LogP contribution in [0.3, 0.4) is 0 Å². The van der Waals surface area contributed by atoms with Crippen molar-refractivity contribution in [2.75, 3.05) is 0 Å². The Hall–Kier alpha value is -5.22. The second-order valence-corrected chi connectivity index (χ2v) is 9.71. The average molecular weight is 521 g/mol. The number of hydrogen-bond donors (Lipinski definition) is 0. The number of rotatable bonds is 4. The Morgan fingerprint density at radius 1 is 0.375 bits per heavy atom. The highest BCUT2D eigenvalue weighted by molar-refractivity contribution is 6.13. The Kier molecular flexibility index (Phi) is 5.86. The molecule has 40 heavy (non-hydrogen) atoms. The van der Waals surface area contributed by atoms with Crippen LogP contribution in [0.1, 0.15) is 0 Å². The summed E-state index contributed by atoms with van der Waals surface area (Å²) >= 11 is 0. The van der Waals surface area contributed by atoms with E-state index in [1.807, 2.05) is 60.7 Å². The number of pyridine rings is 2. The number of hydrogen-bond acceptors (Lipinski definition) is 2. The first-order valence-corrected chi connectivity index (χ1v) is 13.1. The van der Waals surface area contributed by atoms with Gasteiger partial charge in [-0.2, -0.15) is 0 Å². The van der Waals surface area contributed by atoms with Gasteiger partial charge in [0.1, 0.15) is 11.6 Å². The van der Waals surface area contributed by atoms with E-state index in [2.05, 4.69) is 24.3 Å². The lowest BCUT2D eigenvalue weighted by Gasteiger charge is -2.15. The summed E-state index contributed by atoms with van der Waals surface area (Å²) in [7, 11) is 0. The summed E-state index contributed by atoms with van der Waals surface area (Å²) in [5.41, 5.74) is 8.73. The van der Waals surface area contributed by atoms with E-state index in [9.17, 15) is 8.78 Å². The fourth-order valence-corrected chi connectivity index (χ4v) is 5.23. The van der Waals surface area contributed by atoms with Gasteiger partial charge >= 0.3 is 0 Å². The zero-order chi connectivity index (χ0) is 27.1. The lowest BCUT2D eigenvalue weighted by molar-refractivity contribution is 0.627. The van der Waals surface area contributed by atoms with Crippen LogP contribution in [0.15, 0.2) is 133 Å². The van der Waals surface area contributed by atoms with E-state index in [1.54, 1.807) is 24.3 Å². The SMILES string of the molecule is Fc1ccc(-c2cc(-c3ccccc3)nc3c2ccc2c(-c4ccc(F)cc4)cc(-c4ccccc4)nc23)cc1. The predicted octanol–water partition coefficient (Wildman–Crippen LogP) is 9.73. The molecule has 0 atom stereocenters. The molecule has 0 N–H and O–H groups in total. The molecule has 2 heterocycles. The van der Waals surface area contributed by atoms with Gasteiger partial charge in [-0.25, -0.2) is 18.7 Å². The molecule has 0 aliphatic rings. The Morgan fingerprint density at radius 3 is 1.12 bits per heavy atom. The van der Waals surface area contributed by atoms with Crippen LogP contribution in [0, 0.1) is 11.6 Å². The first-order chi connectivity index (χ1) is 19.6. The lowest BCUT2D eigenvalue weighted by Crippen LogP contribution is -1.95. The number of nitrogens with zero attached hydrogens (tertiary/aromatic N) is 2. The molecule has 5 aromatic carbocycles. The predicted molar refractivity (Wildman–Crippen MR) is 159 cm³/mol. The fourth-order valence-electron chi connectivity index (χ4n) is 5.23. The topological polar surface area (TPSA) is 25.8 Å². The second-order valence-electron chi connectivity index (χ2n) is 9.71. The molecule has 7 rings (SSSR count). The average Bonchev–Trinajstić information content (AvgIpc) is 3.01. The molecule has 2 nitrogen and oxygen atoms in total. The molecule has 190 valence electrons. The van der Waals surface area contributed by atoms with Crippen LogP contribution in [0.4, 0.5) is 8.78 Å². The molecule has 7 aromatic rings. The van der Waals surface area contributed by atoms with Crippen molar-refractivity contribution in [3.8, 4) is 44.8 Å². The molecule has 0 saturated carbocycles. The van der Waals surface area contributed by atoms with E-state index < -0.39 is 0 Å². The van der Waals surface area contributed by atoms with Gasteiger partial charge in [0, 0.05) is 21.9 Å². The van der Waals surface area contributed by atoms with Crippen molar-refractivity contribution in [1.29, 1.82) is 0 Å². The van der Waals surface area contributed by atoms with Gasteiger partial charge in [0.15, 0.2) is 0 Å². The van der Waals surface area contributed by atoms with Gasteiger partial charge < -0.3 is 0 Å². The molecule has 0 aliphatic carbocycles. The minimum Gasteiger partial charge on any atom is -0.245 e. The minimum absolute atomic E-state index is 0.283. The van der Waals surface area contributed by atoms with E-state index in [1.165, 1.54) is 24.3 Å². The third-order valence-electron chi connectivity index (χ3n) is 7.21. The highest BCUT2D eigenvalue weighted by Gasteiger charge is 2.17. The van der Waals surface area contributed by atoms with Crippen molar-refractivity contribution in [1.82, 2.24) is 9.97 Å². The maximum Gasteiger partial charge on any atom is 0.123 e. The normalized spacial score (nSPS) is 11.2. The van der Waals surface area contributed by atoms with Gasteiger partial charge in [-0.1, -0.05) is 97.1 Å². The van der Waals surface area contributed by atoms with Crippen molar-refractivity contribution in [2.45, 2.75) is 0 Å². The molecule has 2 aromatic heterocycles. The summed E-state index contributed by atoms with van der Waals surface area (Å²) in [5, 5.41) is 1.84. The van der Waals surface area contributed by atoms with Crippen molar-refractivity contribution >= 4 is 21.8 Å². The molecule has 4 heteroatoms. The fraction of sp³-hybridized carbons (Fsp3) is 0. The molecule has 0 aliphatic heterocycles. The Bertz CT molecular complexity index is 1840. The van der Waals surface area contributed by atoms with Gasteiger partial charge in [-0.3, -0.25) is 0 Å².